The zero-order valence-corrected chi connectivity index (χ0v) is 19.6. The Balaban J connectivity index is 1.74. The maximum atomic E-state index is 15.3. The van der Waals surface area contributed by atoms with Crippen LogP contribution >= 0.6 is 0 Å². The quantitative estimate of drug-likeness (QED) is 0.472. The highest BCUT2D eigenvalue weighted by molar-refractivity contribution is 6.20. The van der Waals surface area contributed by atoms with Gasteiger partial charge in [0.05, 0.1) is 17.5 Å². The molecular weight excluding hydrogens is 486 g/mol. The van der Waals surface area contributed by atoms with E-state index in [9.17, 15) is 27.6 Å². The van der Waals surface area contributed by atoms with Gasteiger partial charge in [0, 0.05) is 19.2 Å². The first kappa shape index (κ1) is 24.2. The molecule has 3 aliphatic rings. The van der Waals surface area contributed by atoms with Gasteiger partial charge in [0.25, 0.3) is 0 Å². The molecule has 2 aromatic rings. The number of aromatic nitrogens is 2. The van der Waals surface area contributed by atoms with Crippen LogP contribution in [0.5, 0.6) is 0 Å². The lowest BCUT2D eigenvalue weighted by Gasteiger charge is -2.57. The number of imide groups is 2. The van der Waals surface area contributed by atoms with Gasteiger partial charge in [-0.3, -0.25) is 20.2 Å². The number of hydrogen-bond donors (Lipinski definition) is 2. The predicted molar refractivity (Wildman–Crippen MR) is 116 cm³/mol. The van der Waals surface area contributed by atoms with Crippen LogP contribution in [0, 0.1) is 35.9 Å². The summed E-state index contributed by atoms with van der Waals surface area (Å²) in [5.74, 6) is -5.36. The summed E-state index contributed by atoms with van der Waals surface area (Å²) < 4.78 is 62.2. The van der Waals surface area contributed by atoms with Gasteiger partial charge in [0.1, 0.15) is 5.82 Å². The first-order valence-corrected chi connectivity index (χ1v) is 11.5. The number of urea groups is 1. The normalized spacial score (nSPS) is 25.5. The van der Waals surface area contributed by atoms with Crippen molar-refractivity contribution in [3.05, 3.63) is 29.4 Å². The van der Waals surface area contributed by atoms with E-state index in [2.05, 4.69) is 20.8 Å². The van der Waals surface area contributed by atoms with Crippen LogP contribution in [0.1, 0.15) is 31.7 Å². The van der Waals surface area contributed by atoms with Crippen molar-refractivity contribution in [3.8, 4) is 11.4 Å². The second kappa shape index (κ2) is 8.00. The van der Waals surface area contributed by atoms with Gasteiger partial charge in [0.2, 0.25) is 23.5 Å². The second-order valence-electron chi connectivity index (χ2n) is 9.96. The molecule has 3 aliphatic heterocycles. The molecule has 2 fully saturated rings. The first-order valence-electron chi connectivity index (χ1n) is 11.5. The van der Waals surface area contributed by atoms with Gasteiger partial charge in [-0.25, -0.2) is 9.18 Å². The number of anilines is 1. The Bertz CT molecular complexity index is 1250. The Morgan fingerprint density at radius 1 is 1.17 bits per heavy atom. The number of fused-ring (bicyclic) bond motifs is 4. The molecule has 0 radical (unpaired) electrons. The maximum absolute atomic E-state index is 15.3. The van der Waals surface area contributed by atoms with Crippen LogP contribution < -0.4 is 15.5 Å². The number of nitrogens with zero attached hydrogens (tertiary/aromatic N) is 3. The number of amides is 4. The van der Waals surface area contributed by atoms with E-state index in [1.807, 2.05) is 0 Å². The molecule has 1 spiro atoms. The molecule has 2 N–H and O–H groups in total. The number of hydrogen-bond acceptors (Lipinski definition) is 7. The number of rotatable bonds is 2. The van der Waals surface area contributed by atoms with Crippen LogP contribution in [0.15, 0.2) is 16.7 Å². The van der Waals surface area contributed by atoms with Crippen LogP contribution in [0.4, 0.5) is 28.0 Å². The fourth-order valence-corrected chi connectivity index (χ4v) is 5.86. The second-order valence-corrected chi connectivity index (χ2v) is 9.96. The smallest absolute Gasteiger partial charge is 0.366 e. The van der Waals surface area contributed by atoms with Gasteiger partial charge in [-0.2, -0.15) is 18.2 Å². The molecule has 1 aromatic carbocycles. The Morgan fingerprint density at radius 2 is 1.83 bits per heavy atom. The van der Waals surface area contributed by atoms with Gasteiger partial charge in [0.15, 0.2) is 5.41 Å². The number of nitrogens with one attached hydrogen (secondary N) is 2. The highest BCUT2D eigenvalue weighted by atomic mass is 19.4. The molecule has 0 aliphatic carbocycles. The van der Waals surface area contributed by atoms with Crippen molar-refractivity contribution in [1.29, 1.82) is 0 Å². The number of aryl methyl sites for hydroxylation is 1. The van der Waals surface area contributed by atoms with Gasteiger partial charge in [-0.05, 0) is 42.4 Å². The molecule has 3 atom stereocenters. The highest BCUT2D eigenvalue weighted by Crippen LogP contribution is 2.53. The number of carbonyl (C=O) groups excluding carboxylic acids is 3. The van der Waals surface area contributed by atoms with Crippen molar-refractivity contribution in [2.45, 2.75) is 45.8 Å². The average molecular weight is 509 g/mol. The maximum Gasteiger partial charge on any atom is 0.393 e. The predicted octanol–water partition coefficient (Wildman–Crippen LogP) is 3.12. The Hall–Kier alpha value is -3.51. The number of halogens is 4. The van der Waals surface area contributed by atoms with Gasteiger partial charge >= 0.3 is 12.2 Å². The molecule has 0 unspecified atom stereocenters. The van der Waals surface area contributed by atoms with Crippen LogP contribution in [0.2, 0.25) is 0 Å². The highest BCUT2D eigenvalue weighted by Gasteiger charge is 2.65. The molecule has 4 heterocycles. The lowest BCUT2D eigenvalue weighted by molar-refractivity contribution is -0.185. The number of barbiturate groups is 1. The van der Waals surface area contributed by atoms with Crippen LogP contribution in [-0.2, 0) is 16.0 Å². The minimum Gasteiger partial charge on any atom is -0.366 e. The van der Waals surface area contributed by atoms with Crippen molar-refractivity contribution >= 4 is 23.5 Å². The van der Waals surface area contributed by atoms with Crippen LogP contribution in [0.3, 0.4) is 0 Å². The molecule has 36 heavy (non-hydrogen) atoms. The summed E-state index contributed by atoms with van der Waals surface area (Å²) in [6.45, 7) is 4.38. The molecule has 0 saturated carbocycles. The Morgan fingerprint density at radius 3 is 2.39 bits per heavy atom. The van der Waals surface area contributed by atoms with Crippen molar-refractivity contribution in [3.63, 3.8) is 0 Å². The summed E-state index contributed by atoms with van der Waals surface area (Å²) >= 11 is 0. The topological polar surface area (TPSA) is 117 Å². The van der Waals surface area contributed by atoms with Crippen molar-refractivity contribution in [2.75, 3.05) is 11.4 Å². The third kappa shape index (κ3) is 3.54. The molecule has 4 amide bonds. The van der Waals surface area contributed by atoms with Gasteiger partial charge in [-0.1, -0.05) is 19.0 Å². The Kier molecular flexibility index (Phi) is 5.38. The SMILES string of the molecule is Cc1nc(-c2cc3c(cc2F)N2C[C@@H](C(F)(F)F)C[C@@H](C(C)C)[C@@H]2C2(C3)C(=O)NC(=O)NC2=O)no1. The lowest BCUT2D eigenvalue weighted by atomic mass is 9.59. The Labute approximate surface area is 202 Å². The fraction of sp³-hybridized carbons (Fsp3) is 0.522. The number of alkyl halides is 3. The van der Waals surface area contributed by atoms with E-state index in [0.717, 1.165) is 6.07 Å². The number of benzene rings is 1. The zero-order chi connectivity index (χ0) is 26.2. The molecule has 2 saturated heterocycles. The standard InChI is InChI=1S/C23H23F4N5O4/c1-9(2)13-5-12(23(25,26)27)8-32-16-6-15(24)14(18-28-10(3)36-31-18)4-11(16)7-22(17(13)32)19(33)29-21(35)30-20(22)34/h4,6,9,12-13,17H,5,7-8H2,1-3H3,(H2,29,30,33,34,35)/t12-,13-,17+/m0/s1. The summed E-state index contributed by atoms with van der Waals surface area (Å²) in [7, 11) is 0. The van der Waals surface area contributed by atoms with E-state index in [0.29, 0.717) is 0 Å². The fourth-order valence-electron chi connectivity index (χ4n) is 5.86. The monoisotopic (exact) mass is 509 g/mol. The minimum absolute atomic E-state index is 0.0800. The summed E-state index contributed by atoms with van der Waals surface area (Å²) in [6.07, 6.45) is -5.11. The van der Waals surface area contributed by atoms with E-state index >= 15 is 4.39 Å². The van der Waals surface area contributed by atoms with Crippen LogP contribution in [0.25, 0.3) is 11.4 Å². The third-order valence-corrected chi connectivity index (χ3v) is 7.52. The molecule has 9 nitrogen and oxygen atoms in total. The van der Waals surface area contributed by atoms with E-state index in [1.165, 1.54) is 17.9 Å². The van der Waals surface area contributed by atoms with Crippen molar-refractivity contribution in [2.24, 2.45) is 23.2 Å². The van der Waals surface area contributed by atoms with E-state index in [1.54, 1.807) is 13.8 Å². The minimum atomic E-state index is -4.55. The number of carbonyl (C=O) groups is 3. The largest absolute Gasteiger partial charge is 0.393 e. The van der Waals surface area contributed by atoms with E-state index in [4.69, 9.17) is 4.52 Å². The van der Waals surface area contributed by atoms with E-state index < -0.39 is 59.7 Å². The zero-order valence-electron chi connectivity index (χ0n) is 19.6. The van der Waals surface area contributed by atoms with Gasteiger partial charge < -0.3 is 9.42 Å². The van der Waals surface area contributed by atoms with Crippen molar-refractivity contribution < 1.29 is 36.5 Å². The summed E-state index contributed by atoms with van der Waals surface area (Å²) in [4.78, 5) is 44.0. The molecule has 192 valence electrons. The molecular formula is C23H23F4N5O4. The third-order valence-electron chi connectivity index (χ3n) is 7.52. The van der Waals surface area contributed by atoms with E-state index in [-0.39, 0.29) is 47.3 Å². The average Bonchev–Trinajstić information content (AvgIpc) is 3.21. The summed E-state index contributed by atoms with van der Waals surface area (Å²) in [5.41, 5.74) is -1.58. The molecule has 0 bridgehead atoms. The molecule has 1 aromatic heterocycles. The van der Waals surface area contributed by atoms with Crippen LogP contribution in [-0.4, -0.2) is 46.7 Å². The van der Waals surface area contributed by atoms with Gasteiger partial charge in [-0.15, -0.1) is 0 Å². The summed E-state index contributed by atoms with van der Waals surface area (Å²) in [5, 5.41) is 7.96. The summed E-state index contributed by atoms with van der Waals surface area (Å²) in [6, 6.07) is 0.385. The lowest BCUT2D eigenvalue weighted by Crippen LogP contribution is -2.74. The molecule has 13 heteroatoms. The van der Waals surface area contributed by atoms with Crippen molar-refractivity contribution in [1.82, 2.24) is 20.8 Å². The first-order chi connectivity index (χ1) is 16.8. The number of piperidine rings is 1. The molecule has 5 rings (SSSR count).